The summed E-state index contributed by atoms with van der Waals surface area (Å²) >= 11 is 5.10. The number of aliphatic hydroxyl groups excluding tert-OH is 1. The van der Waals surface area contributed by atoms with Gasteiger partial charge in [0, 0.05) is 12.0 Å². The Morgan fingerprint density at radius 1 is 1.40 bits per heavy atom. The van der Waals surface area contributed by atoms with E-state index < -0.39 is 11.7 Å². The van der Waals surface area contributed by atoms with Crippen LogP contribution in [0.25, 0.3) is 0 Å². The second-order valence-electron chi connectivity index (χ2n) is 2.99. The summed E-state index contributed by atoms with van der Waals surface area (Å²) in [6.07, 6.45) is -1.53. The van der Waals surface area contributed by atoms with Gasteiger partial charge in [-0.25, -0.2) is 4.39 Å². The summed E-state index contributed by atoms with van der Waals surface area (Å²) in [6, 6.07) is 8.53. The highest BCUT2D eigenvalue weighted by Gasteiger charge is 2.19. The first-order chi connectivity index (χ1) is 7.15. The minimum atomic E-state index is -1.67. The topological polar surface area (TPSA) is 52.8 Å². The summed E-state index contributed by atoms with van der Waals surface area (Å²) in [5, 5.41) is 21.2. The van der Waals surface area contributed by atoms with Gasteiger partial charge in [-0.2, -0.15) is 0 Å². The third-order valence-electron chi connectivity index (χ3n) is 1.89. The van der Waals surface area contributed by atoms with Crippen LogP contribution >= 0.6 is 11.6 Å². The maximum absolute atomic E-state index is 12.4. The van der Waals surface area contributed by atoms with Gasteiger partial charge in [-0.15, -0.1) is 0 Å². The fourth-order valence-corrected chi connectivity index (χ4v) is 1.37. The van der Waals surface area contributed by atoms with Crippen molar-refractivity contribution < 1.29 is 14.7 Å². The molecule has 2 atom stereocenters. The molecule has 0 aliphatic carbocycles. The Labute approximate surface area is 91.8 Å². The third-order valence-corrected chi connectivity index (χ3v) is 2.07. The number of hydrogen-bond acceptors (Lipinski definition) is 3. The Morgan fingerprint density at radius 3 is 2.47 bits per heavy atom. The van der Waals surface area contributed by atoms with Gasteiger partial charge >= 0.3 is 0 Å². The molecule has 0 spiro atoms. The van der Waals surface area contributed by atoms with Crippen molar-refractivity contribution in [3.8, 4) is 0 Å². The van der Waals surface area contributed by atoms with Crippen LogP contribution in [-0.4, -0.2) is 27.8 Å². The summed E-state index contributed by atoms with van der Waals surface area (Å²) in [7, 11) is 0. The van der Waals surface area contributed by atoms with Crippen LogP contribution in [0.1, 0.15) is 12.0 Å². The van der Waals surface area contributed by atoms with Crippen LogP contribution in [0.5, 0.6) is 0 Å². The third kappa shape index (κ3) is 3.49. The standard InChI is InChI=1S/C10H11ClFNO2/c11-9(12)6-8(14)10(13-15)7-4-2-1-3-5-7/h1-5,8-9,14-15H,6H2/b13-10+. The SMILES string of the molecule is O/N=C(\c1ccccc1)C(O)CC(F)Cl. The van der Waals surface area contributed by atoms with Crippen LogP contribution in [0.4, 0.5) is 4.39 Å². The predicted octanol–water partition coefficient (Wildman–Crippen LogP) is 2.15. The molecule has 0 saturated carbocycles. The normalized spacial score (nSPS) is 16.1. The summed E-state index contributed by atoms with van der Waals surface area (Å²) in [5.41, 5.74) is -1.12. The van der Waals surface area contributed by atoms with Gasteiger partial charge in [0.05, 0.1) is 0 Å². The highest BCUT2D eigenvalue weighted by Crippen LogP contribution is 2.12. The molecule has 82 valence electrons. The minimum absolute atomic E-state index is 0.0129. The molecule has 0 saturated heterocycles. The molecule has 5 heteroatoms. The Morgan fingerprint density at radius 2 is 2.00 bits per heavy atom. The molecule has 15 heavy (non-hydrogen) atoms. The zero-order valence-corrected chi connectivity index (χ0v) is 8.60. The van der Waals surface area contributed by atoms with Crippen molar-refractivity contribution in [1.29, 1.82) is 0 Å². The quantitative estimate of drug-likeness (QED) is 0.361. The van der Waals surface area contributed by atoms with E-state index in [2.05, 4.69) is 5.16 Å². The van der Waals surface area contributed by atoms with Crippen molar-refractivity contribution in [2.75, 3.05) is 0 Å². The first-order valence-corrected chi connectivity index (χ1v) is 4.82. The number of oxime groups is 1. The molecule has 0 heterocycles. The van der Waals surface area contributed by atoms with Crippen molar-refractivity contribution in [3.63, 3.8) is 0 Å². The van der Waals surface area contributed by atoms with Crippen LogP contribution in [-0.2, 0) is 0 Å². The van der Waals surface area contributed by atoms with E-state index in [1.54, 1.807) is 30.3 Å². The molecule has 1 aromatic rings. The first kappa shape index (κ1) is 11.9. The van der Waals surface area contributed by atoms with Gasteiger partial charge in [-0.05, 0) is 0 Å². The maximum Gasteiger partial charge on any atom is 0.176 e. The Bertz CT molecular complexity index is 329. The van der Waals surface area contributed by atoms with Gasteiger partial charge in [0.1, 0.15) is 11.8 Å². The lowest BCUT2D eigenvalue weighted by molar-refractivity contribution is 0.199. The summed E-state index contributed by atoms with van der Waals surface area (Å²) in [6.45, 7) is 0. The second kappa shape index (κ2) is 5.68. The van der Waals surface area contributed by atoms with E-state index in [-0.39, 0.29) is 12.1 Å². The van der Waals surface area contributed by atoms with E-state index >= 15 is 0 Å². The summed E-state index contributed by atoms with van der Waals surface area (Å²) in [4.78, 5) is 0. The fraction of sp³-hybridized carbons (Fsp3) is 0.300. The predicted molar refractivity (Wildman–Crippen MR) is 56.1 cm³/mol. The molecule has 1 rings (SSSR count). The molecule has 1 aromatic carbocycles. The monoisotopic (exact) mass is 231 g/mol. The number of halogens is 2. The zero-order chi connectivity index (χ0) is 11.3. The molecule has 0 bridgehead atoms. The summed E-state index contributed by atoms with van der Waals surface area (Å²) in [5.74, 6) is 0. The van der Waals surface area contributed by atoms with Gasteiger partial charge in [0.25, 0.3) is 0 Å². The largest absolute Gasteiger partial charge is 0.411 e. The van der Waals surface area contributed by atoms with E-state index in [9.17, 15) is 9.50 Å². The van der Waals surface area contributed by atoms with Crippen molar-refractivity contribution in [2.24, 2.45) is 5.16 Å². The van der Waals surface area contributed by atoms with Crippen molar-refractivity contribution in [1.82, 2.24) is 0 Å². The number of alkyl halides is 2. The van der Waals surface area contributed by atoms with E-state index in [4.69, 9.17) is 16.8 Å². The Kier molecular flexibility index (Phi) is 4.52. The molecule has 3 nitrogen and oxygen atoms in total. The molecule has 0 radical (unpaired) electrons. The molecular weight excluding hydrogens is 221 g/mol. The highest BCUT2D eigenvalue weighted by molar-refractivity contribution is 6.19. The van der Waals surface area contributed by atoms with Gasteiger partial charge in [0.15, 0.2) is 5.63 Å². The highest BCUT2D eigenvalue weighted by atomic mass is 35.5. The Hall–Kier alpha value is -1.13. The minimum Gasteiger partial charge on any atom is -0.411 e. The van der Waals surface area contributed by atoms with E-state index in [0.29, 0.717) is 5.56 Å². The van der Waals surface area contributed by atoms with Gasteiger partial charge < -0.3 is 10.3 Å². The van der Waals surface area contributed by atoms with Gasteiger partial charge in [-0.1, -0.05) is 47.1 Å². The fourth-order valence-electron chi connectivity index (χ4n) is 1.21. The average Bonchev–Trinajstić information content (AvgIpc) is 2.19. The molecule has 2 unspecified atom stereocenters. The molecule has 0 aliphatic heterocycles. The van der Waals surface area contributed by atoms with Crippen molar-refractivity contribution in [2.45, 2.75) is 18.2 Å². The number of hydrogen-bond donors (Lipinski definition) is 2. The van der Waals surface area contributed by atoms with E-state index in [1.165, 1.54) is 0 Å². The van der Waals surface area contributed by atoms with Crippen LogP contribution < -0.4 is 0 Å². The first-order valence-electron chi connectivity index (χ1n) is 4.38. The lowest BCUT2D eigenvalue weighted by Gasteiger charge is -2.12. The smallest absolute Gasteiger partial charge is 0.176 e. The van der Waals surface area contributed by atoms with Crippen LogP contribution in [0, 0.1) is 0 Å². The van der Waals surface area contributed by atoms with Crippen molar-refractivity contribution >= 4 is 17.3 Å². The van der Waals surface area contributed by atoms with Crippen molar-refractivity contribution in [3.05, 3.63) is 35.9 Å². The molecule has 0 aromatic heterocycles. The average molecular weight is 232 g/mol. The lowest BCUT2D eigenvalue weighted by Crippen LogP contribution is -2.23. The second-order valence-corrected chi connectivity index (χ2v) is 3.47. The molecule has 0 amide bonds. The van der Waals surface area contributed by atoms with Gasteiger partial charge in [0.2, 0.25) is 0 Å². The van der Waals surface area contributed by atoms with Crippen LogP contribution in [0.2, 0.25) is 0 Å². The number of rotatable bonds is 4. The van der Waals surface area contributed by atoms with Crippen LogP contribution in [0.15, 0.2) is 35.5 Å². The van der Waals surface area contributed by atoms with Gasteiger partial charge in [-0.3, -0.25) is 0 Å². The zero-order valence-electron chi connectivity index (χ0n) is 7.85. The summed E-state index contributed by atoms with van der Waals surface area (Å²) < 4.78 is 12.4. The van der Waals surface area contributed by atoms with Crippen LogP contribution in [0.3, 0.4) is 0 Å². The molecular formula is C10H11ClFNO2. The van der Waals surface area contributed by atoms with E-state index in [1.807, 2.05) is 0 Å². The number of nitrogens with zero attached hydrogens (tertiary/aromatic N) is 1. The number of aliphatic hydroxyl groups is 1. The number of benzene rings is 1. The molecule has 2 N–H and O–H groups in total. The maximum atomic E-state index is 12.4. The Balaban J connectivity index is 2.82. The molecule has 0 fully saturated rings. The molecule has 0 aliphatic rings. The lowest BCUT2D eigenvalue weighted by atomic mass is 10.0. The van der Waals surface area contributed by atoms with E-state index in [0.717, 1.165) is 0 Å².